The normalized spacial score (nSPS) is 20.5. The van der Waals surface area contributed by atoms with E-state index in [0.717, 1.165) is 25.9 Å². The molecule has 0 aromatic heterocycles. The zero-order valence-electron chi connectivity index (χ0n) is 11.8. The lowest BCUT2D eigenvalue weighted by Gasteiger charge is -2.22. The smallest absolute Gasteiger partial charge is 0.224 e. The summed E-state index contributed by atoms with van der Waals surface area (Å²) < 4.78 is 24.2. The van der Waals surface area contributed by atoms with E-state index in [-0.39, 0.29) is 11.8 Å². The maximum atomic E-state index is 11.8. The molecule has 0 aromatic carbocycles. The molecule has 112 valence electrons. The molecular weight excluding hydrogens is 266 g/mol. The van der Waals surface area contributed by atoms with Crippen LogP contribution in [0.2, 0.25) is 0 Å². The first-order chi connectivity index (χ1) is 8.95. The number of nitrogens with one attached hydrogen (secondary N) is 2. The van der Waals surface area contributed by atoms with E-state index in [2.05, 4.69) is 10.6 Å². The van der Waals surface area contributed by atoms with Crippen LogP contribution in [0.15, 0.2) is 0 Å². The predicted octanol–water partition coefficient (Wildman–Crippen LogP) is -0.226. The van der Waals surface area contributed by atoms with Gasteiger partial charge in [0.1, 0.15) is 0 Å². The van der Waals surface area contributed by atoms with Crippen molar-refractivity contribution in [3.63, 3.8) is 0 Å². The Morgan fingerprint density at radius 3 is 2.74 bits per heavy atom. The van der Waals surface area contributed by atoms with Gasteiger partial charge in [0.2, 0.25) is 15.9 Å². The van der Waals surface area contributed by atoms with Crippen LogP contribution >= 0.6 is 0 Å². The Morgan fingerprint density at radius 2 is 2.21 bits per heavy atom. The van der Waals surface area contributed by atoms with E-state index in [0.29, 0.717) is 26.1 Å². The zero-order valence-corrected chi connectivity index (χ0v) is 12.6. The Hall–Kier alpha value is -0.660. The average Bonchev–Trinajstić information content (AvgIpc) is 2.38. The minimum atomic E-state index is -3.13. The van der Waals surface area contributed by atoms with Gasteiger partial charge in [-0.3, -0.25) is 4.79 Å². The van der Waals surface area contributed by atoms with Crippen LogP contribution in [0.1, 0.15) is 26.2 Å². The minimum Gasteiger partial charge on any atom is -0.356 e. The molecule has 1 aliphatic heterocycles. The molecule has 19 heavy (non-hydrogen) atoms. The monoisotopic (exact) mass is 291 g/mol. The summed E-state index contributed by atoms with van der Waals surface area (Å²) in [4.78, 5) is 11.8. The highest BCUT2D eigenvalue weighted by molar-refractivity contribution is 7.88. The van der Waals surface area contributed by atoms with Crippen molar-refractivity contribution in [1.29, 1.82) is 0 Å². The van der Waals surface area contributed by atoms with Gasteiger partial charge in [-0.2, -0.15) is 0 Å². The third kappa shape index (κ3) is 5.88. The summed E-state index contributed by atoms with van der Waals surface area (Å²) in [6, 6.07) is 0. The van der Waals surface area contributed by atoms with Gasteiger partial charge in [-0.05, 0) is 25.8 Å². The van der Waals surface area contributed by atoms with E-state index >= 15 is 0 Å². The number of carbonyl (C=O) groups is 1. The second-order valence-electron chi connectivity index (χ2n) is 4.94. The molecule has 1 rings (SSSR count). The van der Waals surface area contributed by atoms with E-state index in [1.807, 2.05) is 6.92 Å². The van der Waals surface area contributed by atoms with Gasteiger partial charge in [-0.25, -0.2) is 12.7 Å². The maximum absolute atomic E-state index is 11.8. The van der Waals surface area contributed by atoms with Crippen LogP contribution in [0.4, 0.5) is 0 Å². The van der Waals surface area contributed by atoms with E-state index < -0.39 is 10.0 Å². The summed E-state index contributed by atoms with van der Waals surface area (Å²) in [5.74, 6) is 0.139. The third-order valence-electron chi connectivity index (χ3n) is 3.37. The number of sulfonamides is 1. The lowest BCUT2D eigenvalue weighted by Crippen LogP contribution is -2.41. The van der Waals surface area contributed by atoms with Gasteiger partial charge in [0.05, 0.1) is 12.2 Å². The van der Waals surface area contributed by atoms with Gasteiger partial charge in [0.25, 0.3) is 0 Å². The van der Waals surface area contributed by atoms with Gasteiger partial charge >= 0.3 is 0 Å². The number of nitrogens with zero attached hydrogens (tertiary/aromatic N) is 1. The van der Waals surface area contributed by atoms with Gasteiger partial charge in [-0.15, -0.1) is 0 Å². The van der Waals surface area contributed by atoms with Crippen molar-refractivity contribution < 1.29 is 13.2 Å². The molecule has 2 N–H and O–H groups in total. The molecule has 0 radical (unpaired) electrons. The molecule has 0 saturated carbocycles. The van der Waals surface area contributed by atoms with Crippen LogP contribution in [0.3, 0.4) is 0 Å². The number of hydrogen-bond donors (Lipinski definition) is 2. The highest BCUT2D eigenvalue weighted by atomic mass is 32.2. The lowest BCUT2D eigenvalue weighted by molar-refractivity contribution is -0.125. The van der Waals surface area contributed by atoms with E-state index in [4.69, 9.17) is 0 Å². The second kappa shape index (κ2) is 7.81. The molecule has 1 amide bonds. The molecule has 7 heteroatoms. The first kappa shape index (κ1) is 16.4. The summed E-state index contributed by atoms with van der Waals surface area (Å²) in [5.41, 5.74) is 0. The van der Waals surface area contributed by atoms with Crippen LogP contribution in [-0.2, 0) is 14.8 Å². The molecule has 1 aliphatic rings. The topological polar surface area (TPSA) is 78.5 Å². The largest absolute Gasteiger partial charge is 0.356 e. The van der Waals surface area contributed by atoms with Crippen LogP contribution in [0.5, 0.6) is 0 Å². The van der Waals surface area contributed by atoms with Crippen molar-refractivity contribution in [2.45, 2.75) is 26.2 Å². The maximum Gasteiger partial charge on any atom is 0.224 e. The first-order valence-corrected chi connectivity index (χ1v) is 8.73. The highest BCUT2D eigenvalue weighted by Gasteiger charge is 2.20. The third-order valence-corrected chi connectivity index (χ3v) is 4.75. The Labute approximate surface area is 116 Å². The molecular formula is C12H25N3O3S. The van der Waals surface area contributed by atoms with Crippen molar-refractivity contribution in [1.82, 2.24) is 14.9 Å². The first-order valence-electron chi connectivity index (χ1n) is 6.88. The fourth-order valence-corrected chi connectivity index (χ4v) is 3.18. The molecule has 1 heterocycles. The Bertz CT molecular complexity index is 378. The van der Waals surface area contributed by atoms with Gasteiger partial charge in [-0.1, -0.05) is 6.92 Å². The molecule has 1 unspecified atom stereocenters. The zero-order chi connectivity index (χ0) is 14.3. The Morgan fingerprint density at radius 1 is 1.47 bits per heavy atom. The number of carbonyl (C=O) groups excluding carboxylic acids is 1. The molecule has 6 nitrogen and oxygen atoms in total. The van der Waals surface area contributed by atoms with E-state index in [9.17, 15) is 13.2 Å². The van der Waals surface area contributed by atoms with Gasteiger partial charge in [0.15, 0.2) is 0 Å². The Balaban J connectivity index is 2.21. The van der Waals surface area contributed by atoms with Crippen molar-refractivity contribution in [3.8, 4) is 0 Å². The van der Waals surface area contributed by atoms with Crippen molar-refractivity contribution in [3.05, 3.63) is 0 Å². The lowest BCUT2D eigenvalue weighted by atomic mass is 9.99. The number of piperidine rings is 1. The summed E-state index contributed by atoms with van der Waals surface area (Å²) in [5, 5.41) is 6.09. The predicted molar refractivity (Wildman–Crippen MR) is 75.3 cm³/mol. The van der Waals surface area contributed by atoms with Gasteiger partial charge < -0.3 is 10.6 Å². The molecule has 0 aromatic rings. The van der Waals surface area contributed by atoms with Crippen LogP contribution < -0.4 is 10.6 Å². The number of hydrogen-bond acceptors (Lipinski definition) is 4. The van der Waals surface area contributed by atoms with Gasteiger partial charge in [0, 0.05) is 26.2 Å². The standard InChI is InChI=1S/C12H25N3O3S/c1-3-15(19(2,17)18)9-5-8-14-12(16)11-6-4-7-13-10-11/h11,13H,3-10H2,1-2H3,(H,14,16). The summed E-state index contributed by atoms with van der Waals surface area (Å²) >= 11 is 0. The van der Waals surface area contributed by atoms with Crippen LogP contribution in [-0.4, -0.2) is 57.6 Å². The molecule has 1 fully saturated rings. The average molecular weight is 291 g/mol. The molecule has 0 spiro atoms. The summed E-state index contributed by atoms with van der Waals surface area (Å²) in [7, 11) is -3.13. The molecule has 0 aliphatic carbocycles. The molecule has 0 bridgehead atoms. The van der Waals surface area contributed by atoms with Crippen molar-refractivity contribution >= 4 is 15.9 Å². The van der Waals surface area contributed by atoms with E-state index in [1.54, 1.807) is 0 Å². The highest BCUT2D eigenvalue weighted by Crippen LogP contribution is 2.09. The molecule has 1 atom stereocenters. The summed E-state index contributed by atoms with van der Waals surface area (Å²) in [6.45, 7) is 5.01. The van der Waals surface area contributed by atoms with Crippen molar-refractivity contribution in [2.75, 3.05) is 39.0 Å². The van der Waals surface area contributed by atoms with Crippen LogP contribution in [0, 0.1) is 5.92 Å². The second-order valence-corrected chi connectivity index (χ2v) is 6.92. The van der Waals surface area contributed by atoms with Crippen molar-refractivity contribution in [2.24, 2.45) is 5.92 Å². The number of amides is 1. The SMILES string of the molecule is CCN(CCCNC(=O)C1CCCNC1)S(C)(=O)=O. The summed E-state index contributed by atoms with van der Waals surface area (Å²) in [6.07, 6.45) is 3.83. The fourth-order valence-electron chi connectivity index (χ4n) is 2.25. The van der Waals surface area contributed by atoms with Crippen LogP contribution in [0.25, 0.3) is 0 Å². The van der Waals surface area contributed by atoms with E-state index in [1.165, 1.54) is 10.6 Å². The fraction of sp³-hybridized carbons (Fsp3) is 0.917. The molecule has 1 saturated heterocycles. The number of rotatable bonds is 7. The Kier molecular flexibility index (Phi) is 6.74. The minimum absolute atomic E-state index is 0.0611. The quantitative estimate of drug-likeness (QED) is 0.635.